The molecular formula is C11H22O3. The summed E-state index contributed by atoms with van der Waals surface area (Å²) in [6.45, 7) is 8.59. The summed E-state index contributed by atoms with van der Waals surface area (Å²) >= 11 is 0. The van der Waals surface area contributed by atoms with E-state index in [0.717, 1.165) is 19.6 Å². The number of hydrogen-bond acceptors (Lipinski definition) is 3. The molecule has 14 heavy (non-hydrogen) atoms. The van der Waals surface area contributed by atoms with Crippen molar-refractivity contribution in [1.82, 2.24) is 0 Å². The summed E-state index contributed by atoms with van der Waals surface area (Å²) in [6.07, 6.45) is 0.998. The minimum atomic E-state index is -0.0356. The summed E-state index contributed by atoms with van der Waals surface area (Å²) in [5, 5.41) is 0. The van der Waals surface area contributed by atoms with Crippen LogP contribution in [0.1, 0.15) is 27.2 Å². The lowest BCUT2D eigenvalue weighted by molar-refractivity contribution is -0.253. The lowest BCUT2D eigenvalue weighted by atomic mass is 9.87. The largest absolute Gasteiger partial charge is 0.384 e. The third kappa shape index (κ3) is 2.69. The molecule has 0 saturated carbocycles. The van der Waals surface area contributed by atoms with E-state index in [9.17, 15) is 0 Å². The van der Waals surface area contributed by atoms with Crippen molar-refractivity contribution < 1.29 is 14.2 Å². The van der Waals surface area contributed by atoms with Crippen LogP contribution < -0.4 is 0 Å². The third-order valence-corrected chi connectivity index (χ3v) is 2.85. The number of hydrogen-bond donors (Lipinski definition) is 0. The second-order valence-electron chi connectivity index (χ2n) is 4.52. The molecule has 1 saturated heterocycles. The van der Waals surface area contributed by atoms with Crippen LogP contribution in [-0.2, 0) is 14.2 Å². The van der Waals surface area contributed by atoms with Crippen molar-refractivity contribution in [1.29, 1.82) is 0 Å². The van der Waals surface area contributed by atoms with E-state index in [4.69, 9.17) is 14.2 Å². The zero-order chi connectivity index (χ0) is 10.6. The second-order valence-corrected chi connectivity index (χ2v) is 4.52. The smallest absolute Gasteiger partial charge is 0.159 e. The molecule has 3 nitrogen and oxygen atoms in total. The summed E-state index contributed by atoms with van der Waals surface area (Å²) in [5.74, 6) is 0.424. The average molecular weight is 202 g/mol. The molecule has 1 heterocycles. The molecule has 3 heteroatoms. The Morgan fingerprint density at radius 3 is 2.29 bits per heavy atom. The average Bonchev–Trinajstić information content (AvgIpc) is 2.19. The highest BCUT2D eigenvalue weighted by atomic mass is 16.7. The molecule has 0 radical (unpaired) electrons. The first-order valence-electron chi connectivity index (χ1n) is 5.36. The molecule has 0 aromatic carbocycles. The normalized spacial score (nSPS) is 33.6. The fourth-order valence-electron chi connectivity index (χ4n) is 1.69. The van der Waals surface area contributed by atoms with Gasteiger partial charge in [-0.15, -0.1) is 0 Å². The van der Waals surface area contributed by atoms with E-state index in [0.29, 0.717) is 12.5 Å². The summed E-state index contributed by atoms with van der Waals surface area (Å²) in [5.41, 5.74) is 0.0696. The van der Waals surface area contributed by atoms with Crippen LogP contribution in [0.3, 0.4) is 0 Å². The van der Waals surface area contributed by atoms with Gasteiger partial charge in [-0.2, -0.15) is 0 Å². The highest BCUT2D eigenvalue weighted by Crippen LogP contribution is 2.30. The Kier molecular flexibility index (Phi) is 4.35. The van der Waals surface area contributed by atoms with Gasteiger partial charge in [-0.25, -0.2) is 0 Å². The highest BCUT2D eigenvalue weighted by molar-refractivity contribution is 4.80. The Hall–Kier alpha value is -0.120. The van der Waals surface area contributed by atoms with Gasteiger partial charge in [0.1, 0.15) is 0 Å². The zero-order valence-electron chi connectivity index (χ0n) is 9.71. The molecule has 1 aliphatic heterocycles. The van der Waals surface area contributed by atoms with Gasteiger partial charge in [-0.3, -0.25) is 0 Å². The first-order valence-corrected chi connectivity index (χ1v) is 5.36. The lowest BCUT2D eigenvalue weighted by Gasteiger charge is -2.40. The van der Waals surface area contributed by atoms with E-state index >= 15 is 0 Å². The van der Waals surface area contributed by atoms with Crippen LogP contribution in [-0.4, -0.2) is 33.2 Å². The number of ether oxygens (including phenoxy) is 3. The molecule has 84 valence electrons. The molecule has 0 aliphatic carbocycles. The standard InChI is InChI=1S/C11H22O3/c1-5-11(6-12-4)7-13-10(9(2)3)14-8-11/h9-10H,5-8H2,1-4H3. The van der Waals surface area contributed by atoms with Crippen LogP contribution in [0.25, 0.3) is 0 Å². The van der Waals surface area contributed by atoms with E-state index in [-0.39, 0.29) is 11.7 Å². The molecule has 1 aliphatic rings. The Morgan fingerprint density at radius 2 is 1.93 bits per heavy atom. The summed E-state index contributed by atoms with van der Waals surface area (Å²) in [6, 6.07) is 0. The van der Waals surface area contributed by atoms with Gasteiger partial charge in [-0.05, 0) is 6.42 Å². The van der Waals surface area contributed by atoms with Crippen molar-refractivity contribution in [2.45, 2.75) is 33.5 Å². The first-order chi connectivity index (χ1) is 6.63. The maximum Gasteiger partial charge on any atom is 0.159 e. The van der Waals surface area contributed by atoms with Crippen molar-refractivity contribution in [3.63, 3.8) is 0 Å². The maximum absolute atomic E-state index is 5.70. The molecular weight excluding hydrogens is 180 g/mol. The van der Waals surface area contributed by atoms with Crippen molar-refractivity contribution in [2.75, 3.05) is 26.9 Å². The van der Waals surface area contributed by atoms with Crippen LogP contribution in [0.15, 0.2) is 0 Å². The molecule has 0 unspecified atom stereocenters. The molecule has 1 fully saturated rings. The van der Waals surface area contributed by atoms with Crippen molar-refractivity contribution in [3.05, 3.63) is 0 Å². The minimum absolute atomic E-state index is 0.0356. The Balaban J connectivity index is 2.46. The second kappa shape index (κ2) is 5.10. The van der Waals surface area contributed by atoms with Crippen molar-refractivity contribution in [3.8, 4) is 0 Å². The Bertz CT molecular complexity index is 160. The van der Waals surface area contributed by atoms with E-state index < -0.39 is 0 Å². The van der Waals surface area contributed by atoms with Gasteiger partial charge in [0.2, 0.25) is 0 Å². The monoisotopic (exact) mass is 202 g/mol. The maximum atomic E-state index is 5.70. The lowest BCUT2D eigenvalue weighted by Crippen LogP contribution is -2.45. The van der Waals surface area contributed by atoms with E-state index in [2.05, 4.69) is 20.8 Å². The van der Waals surface area contributed by atoms with Crippen LogP contribution in [0.4, 0.5) is 0 Å². The third-order valence-electron chi connectivity index (χ3n) is 2.85. The molecule has 0 bridgehead atoms. The van der Waals surface area contributed by atoms with Gasteiger partial charge >= 0.3 is 0 Å². The Morgan fingerprint density at radius 1 is 1.36 bits per heavy atom. The van der Waals surface area contributed by atoms with Crippen LogP contribution in [0.2, 0.25) is 0 Å². The van der Waals surface area contributed by atoms with E-state index in [1.807, 2.05) is 0 Å². The van der Waals surface area contributed by atoms with Gasteiger partial charge in [0.25, 0.3) is 0 Å². The topological polar surface area (TPSA) is 27.7 Å². The molecule has 0 spiro atoms. The van der Waals surface area contributed by atoms with Gasteiger partial charge in [0.05, 0.1) is 19.8 Å². The predicted octanol–water partition coefficient (Wildman–Crippen LogP) is 2.06. The zero-order valence-corrected chi connectivity index (χ0v) is 9.71. The van der Waals surface area contributed by atoms with E-state index in [1.165, 1.54) is 0 Å². The minimum Gasteiger partial charge on any atom is -0.384 e. The fraction of sp³-hybridized carbons (Fsp3) is 1.00. The van der Waals surface area contributed by atoms with Crippen molar-refractivity contribution in [2.24, 2.45) is 11.3 Å². The number of rotatable bonds is 4. The predicted molar refractivity (Wildman–Crippen MR) is 55.1 cm³/mol. The molecule has 0 aromatic heterocycles. The molecule has 0 atom stereocenters. The summed E-state index contributed by atoms with van der Waals surface area (Å²) < 4.78 is 16.6. The molecule has 1 rings (SSSR count). The fourth-order valence-corrected chi connectivity index (χ4v) is 1.69. The SMILES string of the molecule is CCC1(COC)COC(C(C)C)OC1. The van der Waals surface area contributed by atoms with Crippen molar-refractivity contribution >= 4 is 0 Å². The highest BCUT2D eigenvalue weighted by Gasteiger charge is 2.36. The van der Waals surface area contributed by atoms with E-state index in [1.54, 1.807) is 7.11 Å². The van der Waals surface area contributed by atoms with Crippen LogP contribution in [0.5, 0.6) is 0 Å². The molecule has 0 aromatic rings. The van der Waals surface area contributed by atoms with Crippen LogP contribution in [0, 0.1) is 11.3 Å². The van der Waals surface area contributed by atoms with Gasteiger partial charge in [0.15, 0.2) is 6.29 Å². The van der Waals surface area contributed by atoms with Gasteiger partial charge in [0, 0.05) is 18.4 Å². The van der Waals surface area contributed by atoms with Gasteiger partial charge < -0.3 is 14.2 Å². The molecule has 0 N–H and O–H groups in total. The summed E-state index contributed by atoms with van der Waals surface area (Å²) in [7, 11) is 1.73. The van der Waals surface area contributed by atoms with Gasteiger partial charge in [-0.1, -0.05) is 20.8 Å². The van der Waals surface area contributed by atoms with Crippen LogP contribution >= 0.6 is 0 Å². The molecule has 0 amide bonds. The quantitative estimate of drug-likeness (QED) is 0.698. The summed E-state index contributed by atoms with van der Waals surface area (Å²) in [4.78, 5) is 0. The number of methoxy groups -OCH3 is 1. The first kappa shape index (κ1) is 12.0. The Labute approximate surface area is 86.7 Å².